The summed E-state index contributed by atoms with van der Waals surface area (Å²) in [6.45, 7) is 4.20. The molecule has 166 valence electrons. The summed E-state index contributed by atoms with van der Waals surface area (Å²) in [5.74, 6) is 0.0791. The van der Waals surface area contributed by atoms with Crippen molar-refractivity contribution >= 4 is 0 Å². The zero-order valence-corrected chi connectivity index (χ0v) is 17.4. The molecular formula is C23H32O7. The Kier molecular flexibility index (Phi) is 6.77. The van der Waals surface area contributed by atoms with Crippen molar-refractivity contribution in [3.05, 3.63) is 42.5 Å². The van der Waals surface area contributed by atoms with Gasteiger partial charge in [0.05, 0.1) is 20.3 Å². The lowest BCUT2D eigenvalue weighted by atomic mass is 9.84. The fourth-order valence-electron chi connectivity index (χ4n) is 4.75. The van der Waals surface area contributed by atoms with Gasteiger partial charge in [0.2, 0.25) is 0 Å². The van der Waals surface area contributed by atoms with Crippen LogP contribution >= 0.6 is 0 Å². The van der Waals surface area contributed by atoms with Crippen molar-refractivity contribution in [2.24, 2.45) is 0 Å². The molecule has 1 heterocycles. The Morgan fingerprint density at radius 2 is 1.60 bits per heavy atom. The van der Waals surface area contributed by atoms with Gasteiger partial charge in [-0.1, -0.05) is 24.6 Å². The molecule has 6 atom stereocenters. The van der Waals surface area contributed by atoms with Gasteiger partial charge in [0.1, 0.15) is 42.4 Å². The highest BCUT2D eigenvalue weighted by molar-refractivity contribution is 5.26. The van der Waals surface area contributed by atoms with Crippen LogP contribution in [0.5, 0.6) is 5.75 Å². The molecular weight excluding hydrogens is 388 g/mol. The summed E-state index contributed by atoms with van der Waals surface area (Å²) < 4.78 is 29.9. The number of hydrogen-bond acceptors (Lipinski definition) is 7. The summed E-state index contributed by atoms with van der Waals surface area (Å²) >= 11 is 0. The lowest BCUT2D eigenvalue weighted by Gasteiger charge is -2.42. The predicted octanol–water partition coefficient (Wildman–Crippen LogP) is 2.33. The summed E-state index contributed by atoms with van der Waals surface area (Å²) in [5, 5.41) is 21.7. The molecule has 1 saturated heterocycles. The van der Waals surface area contributed by atoms with Gasteiger partial charge in [-0.2, -0.15) is 0 Å². The molecule has 0 bridgehead atoms. The van der Waals surface area contributed by atoms with Crippen LogP contribution in [-0.2, 0) is 25.6 Å². The van der Waals surface area contributed by atoms with E-state index in [0.717, 1.165) is 43.4 Å². The molecule has 3 fully saturated rings. The van der Waals surface area contributed by atoms with Crippen LogP contribution < -0.4 is 4.74 Å². The van der Waals surface area contributed by atoms with Crippen LogP contribution in [0.25, 0.3) is 0 Å². The summed E-state index contributed by atoms with van der Waals surface area (Å²) in [5.41, 5.74) is 0.936. The highest BCUT2D eigenvalue weighted by atomic mass is 16.8. The van der Waals surface area contributed by atoms with Gasteiger partial charge in [0.25, 0.3) is 0 Å². The molecule has 0 aromatic heterocycles. The van der Waals surface area contributed by atoms with Gasteiger partial charge in [-0.25, -0.2) is 0 Å². The second kappa shape index (κ2) is 9.34. The van der Waals surface area contributed by atoms with Crippen molar-refractivity contribution < 1.29 is 33.9 Å². The molecule has 1 aromatic rings. The first kappa shape index (κ1) is 21.7. The normalized spacial score (nSPS) is 35.2. The van der Waals surface area contributed by atoms with Crippen molar-refractivity contribution in [3.63, 3.8) is 0 Å². The maximum atomic E-state index is 10.9. The van der Waals surface area contributed by atoms with Crippen LogP contribution in [0.15, 0.2) is 36.9 Å². The van der Waals surface area contributed by atoms with Crippen LogP contribution in [0.3, 0.4) is 0 Å². The van der Waals surface area contributed by atoms with Gasteiger partial charge < -0.3 is 33.9 Å². The van der Waals surface area contributed by atoms with E-state index in [1.54, 1.807) is 13.2 Å². The number of benzene rings is 1. The van der Waals surface area contributed by atoms with E-state index in [4.69, 9.17) is 23.7 Å². The van der Waals surface area contributed by atoms with Crippen LogP contribution in [0.4, 0.5) is 0 Å². The summed E-state index contributed by atoms with van der Waals surface area (Å²) in [6, 6.07) is 7.54. The summed E-state index contributed by atoms with van der Waals surface area (Å²) in [7, 11) is 1.62. The van der Waals surface area contributed by atoms with Gasteiger partial charge in [-0.05, 0) is 30.5 Å². The Labute approximate surface area is 177 Å². The van der Waals surface area contributed by atoms with E-state index < -0.39 is 42.4 Å². The van der Waals surface area contributed by atoms with Crippen LogP contribution in [-0.4, -0.2) is 66.3 Å². The minimum atomic E-state index is -1.15. The molecule has 0 unspecified atom stereocenters. The highest BCUT2D eigenvalue weighted by Gasteiger charge is 2.61. The molecule has 7 nitrogen and oxygen atoms in total. The van der Waals surface area contributed by atoms with Crippen molar-refractivity contribution in [1.82, 2.24) is 0 Å². The number of aliphatic hydroxyl groups excluding tert-OH is 2. The SMILES string of the molecule is C=CCO[C@H]1[C@@H](O)[C@@H](O)[C@H](OCc2ccc(OC)cc2)[C@H]2OC3(CCCCC3)O[C@@H]21. The average molecular weight is 421 g/mol. The monoisotopic (exact) mass is 420 g/mol. The number of methoxy groups -OCH3 is 1. The Balaban J connectivity index is 1.52. The average Bonchev–Trinajstić information content (AvgIpc) is 3.12. The largest absolute Gasteiger partial charge is 0.497 e. The standard InChI is InChI=1S/C23H32O7/c1-3-13-27-19-17(24)18(25)20(28-14-15-7-9-16(26-2)10-8-15)22-21(19)29-23(30-22)11-5-4-6-12-23/h3,7-10,17-22,24-25H,1,4-6,11-14H2,2H3/t17-,18+,19-,20-,21+,22+/m0/s1. The first-order valence-electron chi connectivity index (χ1n) is 10.8. The lowest BCUT2D eigenvalue weighted by molar-refractivity contribution is -0.219. The molecule has 3 aliphatic rings. The molecule has 0 radical (unpaired) electrons. The fraction of sp³-hybridized carbons (Fsp3) is 0.652. The lowest BCUT2D eigenvalue weighted by Crippen LogP contribution is -2.64. The second-order valence-electron chi connectivity index (χ2n) is 8.33. The minimum Gasteiger partial charge on any atom is -0.497 e. The van der Waals surface area contributed by atoms with Crippen LogP contribution in [0.2, 0.25) is 0 Å². The topological polar surface area (TPSA) is 86.6 Å². The first-order chi connectivity index (χ1) is 14.6. The number of rotatable bonds is 7. The predicted molar refractivity (Wildman–Crippen MR) is 109 cm³/mol. The Morgan fingerprint density at radius 3 is 2.17 bits per heavy atom. The second-order valence-corrected chi connectivity index (χ2v) is 8.33. The summed E-state index contributed by atoms with van der Waals surface area (Å²) in [6.07, 6.45) is 1.67. The van der Waals surface area contributed by atoms with Gasteiger partial charge in [-0.3, -0.25) is 0 Å². The molecule has 2 N–H and O–H groups in total. The third-order valence-electron chi connectivity index (χ3n) is 6.32. The number of ether oxygens (including phenoxy) is 5. The molecule has 1 spiro atoms. The quantitative estimate of drug-likeness (QED) is 0.655. The molecule has 1 aromatic carbocycles. The van der Waals surface area contributed by atoms with E-state index in [1.807, 2.05) is 24.3 Å². The maximum absolute atomic E-state index is 10.9. The fourth-order valence-corrected chi connectivity index (χ4v) is 4.75. The molecule has 4 rings (SSSR count). The van der Waals surface area contributed by atoms with Crippen molar-refractivity contribution in [2.75, 3.05) is 13.7 Å². The summed E-state index contributed by atoms with van der Waals surface area (Å²) in [4.78, 5) is 0. The van der Waals surface area contributed by atoms with Gasteiger partial charge >= 0.3 is 0 Å². The Hall–Kier alpha value is -1.48. The Morgan fingerprint density at radius 1 is 1.00 bits per heavy atom. The number of aliphatic hydroxyl groups is 2. The van der Waals surface area contributed by atoms with Crippen molar-refractivity contribution in [3.8, 4) is 5.75 Å². The molecule has 2 aliphatic carbocycles. The maximum Gasteiger partial charge on any atom is 0.169 e. The van der Waals surface area contributed by atoms with E-state index >= 15 is 0 Å². The van der Waals surface area contributed by atoms with E-state index in [0.29, 0.717) is 0 Å². The van der Waals surface area contributed by atoms with Crippen LogP contribution in [0.1, 0.15) is 37.7 Å². The van der Waals surface area contributed by atoms with E-state index in [2.05, 4.69) is 6.58 Å². The van der Waals surface area contributed by atoms with Gasteiger partial charge in [-0.15, -0.1) is 6.58 Å². The van der Waals surface area contributed by atoms with Gasteiger partial charge in [0.15, 0.2) is 5.79 Å². The van der Waals surface area contributed by atoms with Crippen molar-refractivity contribution in [1.29, 1.82) is 0 Å². The third-order valence-corrected chi connectivity index (χ3v) is 6.32. The number of fused-ring (bicyclic) bond motifs is 1. The van der Waals surface area contributed by atoms with Gasteiger partial charge in [0, 0.05) is 12.8 Å². The zero-order chi connectivity index (χ0) is 21.1. The molecule has 30 heavy (non-hydrogen) atoms. The van der Waals surface area contributed by atoms with E-state index in [9.17, 15) is 10.2 Å². The van der Waals surface area contributed by atoms with E-state index in [1.165, 1.54) is 0 Å². The van der Waals surface area contributed by atoms with E-state index in [-0.39, 0.29) is 13.2 Å². The molecule has 0 amide bonds. The van der Waals surface area contributed by atoms with Crippen LogP contribution in [0, 0.1) is 0 Å². The highest BCUT2D eigenvalue weighted by Crippen LogP contribution is 2.46. The Bertz CT molecular complexity index is 700. The first-order valence-corrected chi connectivity index (χ1v) is 10.8. The molecule has 2 saturated carbocycles. The van der Waals surface area contributed by atoms with Crippen molar-refractivity contribution in [2.45, 2.75) is 81.1 Å². The third kappa shape index (κ3) is 4.28. The smallest absolute Gasteiger partial charge is 0.169 e. The number of hydrogen-bond donors (Lipinski definition) is 2. The zero-order valence-electron chi connectivity index (χ0n) is 17.4. The minimum absolute atomic E-state index is 0.255. The molecule has 1 aliphatic heterocycles. The molecule has 7 heteroatoms.